The summed E-state index contributed by atoms with van der Waals surface area (Å²) in [6.07, 6.45) is 4.78. The summed E-state index contributed by atoms with van der Waals surface area (Å²) in [5.41, 5.74) is 13.0. The molecule has 2 saturated carbocycles. The van der Waals surface area contributed by atoms with Crippen LogP contribution < -0.4 is 15.4 Å². The Labute approximate surface area is 284 Å². The second-order valence-corrected chi connectivity index (χ2v) is 14.4. The number of likely N-dealkylation sites (tertiary alicyclic amines) is 1. The number of rotatable bonds is 7. The summed E-state index contributed by atoms with van der Waals surface area (Å²) >= 11 is 0. The Kier molecular flexibility index (Phi) is 7.07. The monoisotopic (exact) mass is 659 g/mol. The van der Waals surface area contributed by atoms with Gasteiger partial charge in [-0.05, 0) is 92.8 Å². The number of carbonyl (C=O) groups excluding carboxylic acids is 2. The number of aryl methyl sites for hydroxylation is 1. The average Bonchev–Trinajstić information content (AvgIpc) is 3.52. The molecule has 2 aromatic carbocycles. The van der Waals surface area contributed by atoms with Crippen LogP contribution in [0.15, 0.2) is 54.6 Å². The summed E-state index contributed by atoms with van der Waals surface area (Å²) in [4.78, 5) is 40.3. The number of benzene rings is 2. The second-order valence-electron chi connectivity index (χ2n) is 14.4. The molecule has 5 aromatic rings. The van der Waals surface area contributed by atoms with Crippen molar-refractivity contribution in [2.75, 3.05) is 25.1 Å². The van der Waals surface area contributed by atoms with Crippen molar-refractivity contribution >= 4 is 39.6 Å². The fourth-order valence-corrected chi connectivity index (χ4v) is 8.41. The van der Waals surface area contributed by atoms with E-state index in [1.54, 1.807) is 12.0 Å². The van der Waals surface area contributed by atoms with Gasteiger partial charge < -0.3 is 34.5 Å². The van der Waals surface area contributed by atoms with Gasteiger partial charge in [0.25, 0.3) is 11.8 Å². The summed E-state index contributed by atoms with van der Waals surface area (Å²) in [7, 11) is 3.64. The molecular formula is C38H41N7O4. The van der Waals surface area contributed by atoms with Crippen LogP contribution >= 0.6 is 0 Å². The number of aromatic nitrogens is 4. The highest BCUT2D eigenvalue weighted by Crippen LogP contribution is 2.40. The molecule has 2 amide bonds. The molecule has 2 saturated heterocycles. The molecule has 11 heteroatoms. The van der Waals surface area contributed by atoms with Crippen LogP contribution in [0.3, 0.4) is 0 Å². The zero-order chi connectivity index (χ0) is 33.6. The minimum atomic E-state index is -0.933. The van der Waals surface area contributed by atoms with Crippen molar-refractivity contribution < 1.29 is 19.4 Å². The maximum atomic E-state index is 13.8. The molecule has 9 rings (SSSR count). The topological polar surface area (TPSA) is 132 Å². The number of hydrogen-bond donors (Lipinski definition) is 2. The number of amides is 2. The Balaban J connectivity index is 1.09. The highest BCUT2D eigenvalue weighted by molar-refractivity contribution is 6.01. The molecule has 2 aliphatic carbocycles. The first kappa shape index (κ1) is 30.3. The van der Waals surface area contributed by atoms with Gasteiger partial charge in [0.15, 0.2) is 5.82 Å². The summed E-state index contributed by atoms with van der Waals surface area (Å²) in [6, 6.07) is 18.0. The van der Waals surface area contributed by atoms with Crippen LogP contribution in [-0.2, 0) is 18.4 Å². The van der Waals surface area contributed by atoms with Crippen molar-refractivity contribution in [1.82, 2.24) is 24.0 Å². The molecule has 4 fully saturated rings. The molecule has 2 bridgehead atoms. The Morgan fingerprint density at radius 2 is 1.84 bits per heavy atom. The number of pyridine rings is 1. The fraction of sp³-hybridized carbons (Fsp3) is 0.421. The number of aliphatic hydroxyl groups excluding tert-OH is 1. The third-order valence-corrected chi connectivity index (χ3v) is 11.3. The van der Waals surface area contributed by atoms with Crippen molar-refractivity contribution in [2.24, 2.45) is 24.6 Å². The van der Waals surface area contributed by atoms with Crippen LogP contribution in [0, 0.1) is 11.8 Å². The highest BCUT2D eigenvalue weighted by Gasteiger charge is 2.47. The molecule has 2 aliphatic heterocycles. The largest absolute Gasteiger partial charge is 0.494 e. The number of imidazole rings is 1. The summed E-state index contributed by atoms with van der Waals surface area (Å²) in [5, 5.41) is 11.1. The zero-order valence-electron chi connectivity index (χ0n) is 27.9. The zero-order valence-corrected chi connectivity index (χ0v) is 27.9. The van der Waals surface area contributed by atoms with Crippen LogP contribution in [0.2, 0.25) is 0 Å². The SMILES string of the molecule is COc1cc(C(=O)N2CC3CCC2[C@@H]3N)cc2nc(-c3cc4ccc(-c5ccc(N6CCCC(O)C6=O)cc5)nc4n3CC3CC3)n(C)c12. The third kappa shape index (κ3) is 4.93. The van der Waals surface area contributed by atoms with Gasteiger partial charge in [-0.3, -0.25) is 9.59 Å². The first-order valence-corrected chi connectivity index (χ1v) is 17.5. The van der Waals surface area contributed by atoms with E-state index in [1.165, 1.54) is 12.8 Å². The standard InChI is InChI=1S/C38H41N7O4/c1-42-34-28(16-25(18-32(34)49-2)37(47)45-20-24-10-14-29(45)33(24)39)41-36(42)30-17-23-9-13-27(40-35(23)44(30)19-21-5-6-21)22-7-11-26(12-8-22)43-15-3-4-31(46)38(43)48/h7-9,11-13,16-18,21,24,29,31,33,46H,3-6,10,14-15,19-20,39H2,1-2H3/t24?,29?,31?,33-/m1/s1. The molecule has 49 heavy (non-hydrogen) atoms. The minimum Gasteiger partial charge on any atom is -0.494 e. The first-order valence-electron chi connectivity index (χ1n) is 17.5. The van der Waals surface area contributed by atoms with Crippen LogP contribution in [0.1, 0.15) is 48.9 Å². The van der Waals surface area contributed by atoms with Crippen molar-refractivity contribution in [1.29, 1.82) is 0 Å². The Morgan fingerprint density at radius 1 is 1.02 bits per heavy atom. The molecule has 11 nitrogen and oxygen atoms in total. The maximum Gasteiger partial charge on any atom is 0.255 e. The molecule has 252 valence electrons. The average molecular weight is 660 g/mol. The number of piperidine rings is 2. The Bertz CT molecular complexity index is 2130. The van der Waals surface area contributed by atoms with Gasteiger partial charge in [0, 0.05) is 61.0 Å². The number of nitrogens with zero attached hydrogens (tertiary/aromatic N) is 6. The Hall–Kier alpha value is -4.74. The summed E-state index contributed by atoms with van der Waals surface area (Å²) in [6.45, 7) is 2.16. The lowest BCUT2D eigenvalue weighted by Crippen LogP contribution is -2.44. The lowest BCUT2D eigenvalue weighted by Gasteiger charge is -2.29. The van der Waals surface area contributed by atoms with Gasteiger partial charge in [-0.2, -0.15) is 0 Å². The van der Waals surface area contributed by atoms with E-state index in [0.29, 0.717) is 48.2 Å². The molecular weight excluding hydrogens is 618 g/mol. The molecule has 3 N–H and O–H groups in total. The van der Waals surface area contributed by atoms with E-state index in [1.807, 2.05) is 54.4 Å². The quantitative estimate of drug-likeness (QED) is 0.258. The van der Waals surface area contributed by atoms with Crippen LogP contribution in [-0.4, -0.2) is 79.3 Å². The second kappa shape index (κ2) is 11.4. The summed E-state index contributed by atoms with van der Waals surface area (Å²) < 4.78 is 10.2. The van der Waals surface area contributed by atoms with E-state index >= 15 is 0 Å². The van der Waals surface area contributed by atoms with Gasteiger partial charge in [0.05, 0.1) is 24.0 Å². The molecule has 5 heterocycles. The van der Waals surface area contributed by atoms with Gasteiger partial charge >= 0.3 is 0 Å². The number of ether oxygens (including phenoxy) is 1. The first-order chi connectivity index (χ1) is 23.8. The van der Waals surface area contributed by atoms with E-state index in [2.05, 4.69) is 21.3 Å². The molecule has 3 aromatic heterocycles. The van der Waals surface area contributed by atoms with Crippen molar-refractivity contribution in [3.8, 4) is 28.5 Å². The van der Waals surface area contributed by atoms with Gasteiger partial charge in [0.2, 0.25) is 0 Å². The van der Waals surface area contributed by atoms with Crippen molar-refractivity contribution in [3.05, 3.63) is 60.2 Å². The summed E-state index contributed by atoms with van der Waals surface area (Å²) in [5.74, 6) is 2.12. The van der Waals surface area contributed by atoms with Gasteiger partial charge in [-0.1, -0.05) is 12.1 Å². The highest BCUT2D eigenvalue weighted by atomic mass is 16.5. The number of anilines is 1. The third-order valence-electron chi connectivity index (χ3n) is 11.3. The van der Waals surface area contributed by atoms with E-state index in [0.717, 1.165) is 70.8 Å². The molecule has 4 aliphatic rings. The van der Waals surface area contributed by atoms with Gasteiger partial charge in [-0.25, -0.2) is 9.97 Å². The number of aliphatic hydroxyl groups is 1. The predicted octanol–water partition coefficient (Wildman–Crippen LogP) is 4.73. The van der Waals surface area contributed by atoms with E-state index in [9.17, 15) is 14.7 Å². The number of hydrogen-bond acceptors (Lipinski definition) is 7. The molecule has 4 atom stereocenters. The van der Waals surface area contributed by atoms with E-state index in [4.69, 9.17) is 20.4 Å². The molecule has 0 spiro atoms. The number of fused-ring (bicyclic) bond motifs is 4. The normalized spacial score (nSPS) is 23.7. The number of nitrogens with two attached hydrogens (primary N) is 1. The van der Waals surface area contributed by atoms with Crippen molar-refractivity contribution in [2.45, 2.75) is 63.3 Å². The van der Waals surface area contributed by atoms with Crippen LogP contribution in [0.5, 0.6) is 5.75 Å². The van der Waals surface area contributed by atoms with E-state index in [-0.39, 0.29) is 23.9 Å². The lowest BCUT2D eigenvalue weighted by molar-refractivity contribution is -0.128. The maximum absolute atomic E-state index is 13.8. The number of carbonyl (C=O) groups is 2. The molecule has 3 unspecified atom stereocenters. The minimum absolute atomic E-state index is 0.0113. The smallest absolute Gasteiger partial charge is 0.255 e. The predicted molar refractivity (Wildman–Crippen MR) is 187 cm³/mol. The van der Waals surface area contributed by atoms with Crippen molar-refractivity contribution in [3.63, 3.8) is 0 Å². The fourth-order valence-electron chi connectivity index (χ4n) is 8.41. The van der Waals surface area contributed by atoms with E-state index < -0.39 is 6.10 Å². The molecule has 0 radical (unpaired) electrons. The van der Waals surface area contributed by atoms with Gasteiger partial charge in [-0.15, -0.1) is 0 Å². The van der Waals surface area contributed by atoms with Crippen LogP contribution in [0.25, 0.3) is 44.8 Å². The Morgan fingerprint density at radius 3 is 2.55 bits per heavy atom. The van der Waals surface area contributed by atoms with Crippen LogP contribution in [0.4, 0.5) is 5.69 Å². The lowest BCUT2D eigenvalue weighted by atomic mass is 10.1. The number of methoxy groups -OCH3 is 1. The van der Waals surface area contributed by atoms with Gasteiger partial charge in [0.1, 0.15) is 23.0 Å².